The monoisotopic (exact) mass is 269 g/mol. The van der Waals surface area contributed by atoms with Crippen LogP contribution in [0.15, 0.2) is 29.2 Å². The smallest absolute Gasteiger partial charge is 0.181 e. The Hall–Kier alpha value is -0.910. The fraction of sp³-hybridized carbons (Fsp3) is 0.538. The zero-order chi connectivity index (χ0) is 13.2. The Kier molecular flexibility index (Phi) is 3.75. The maximum absolute atomic E-state index is 12.2. The fourth-order valence-corrected chi connectivity index (χ4v) is 3.93. The summed E-state index contributed by atoms with van der Waals surface area (Å²) < 4.78 is 24.5. The molecule has 0 unspecified atom stereocenters. The average molecular weight is 269 g/mol. The summed E-state index contributed by atoms with van der Waals surface area (Å²) in [7, 11) is -3.41. The van der Waals surface area contributed by atoms with E-state index in [9.17, 15) is 13.5 Å². The number of piperidine rings is 1. The number of aryl methyl sites for hydroxylation is 1. The van der Waals surface area contributed by atoms with Gasteiger partial charge in [-0.15, -0.1) is 0 Å². The molecule has 2 N–H and O–H groups in total. The quantitative estimate of drug-likeness (QED) is 0.855. The van der Waals surface area contributed by atoms with Gasteiger partial charge in [0.15, 0.2) is 9.84 Å². The molecule has 0 atom stereocenters. The number of rotatable bonds is 3. The molecule has 0 bridgehead atoms. The summed E-state index contributed by atoms with van der Waals surface area (Å²) in [6.45, 7) is 3.25. The fourth-order valence-electron chi connectivity index (χ4n) is 2.22. The first-order chi connectivity index (χ1) is 8.41. The third kappa shape index (κ3) is 3.10. The van der Waals surface area contributed by atoms with Crippen LogP contribution in [0.1, 0.15) is 18.4 Å². The van der Waals surface area contributed by atoms with Crippen LogP contribution in [-0.4, -0.2) is 38.0 Å². The third-order valence-electron chi connectivity index (χ3n) is 3.37. The van der Waals surface area contributed by atoms with Gasteiger partial charge >= 0.3 is 0 Å². The van der Waals surface area contributed by atoms with Crippen molar-refractivity contribution in [3.63, 3.8) is 0 Å². The molecule has 5 heteroatoms. The van der Waals surface area contributed by atoms with E-state index >= 15 is 0 Å². The highest BCUT2D eigenvalue weighted by atomic mass is 32.2. The molecule has 0 aromatic heterocycles. The van der Waals surface area contributed by atoms with Crippen LogP contribution in [0.5, 0.6) is 0 Å². The highest BCUT2D eigenvalue weighted by molar-refractivity contribution is 7.91. The second kappa shape index (κ2) is 4.99. The normalized spacial score (nSPS) is 19.7. The standard InChI is InChI=1S/C13H19NO3S/c1-11-2-4-12(5-3-11)18(16,17)10-13(15)6-8-14-9-7-13/h2-5,14-15H,6-10H2,1H3. The molecule has 1 fully saturated rings. The first kappa shape index (κ1) is 13.5. The number of hydrogen-bond acceptors (Lipinski definition) is 4. The number of nitrogens with one attached hydrogen (secondary N) is 1. The number of aliphatic hydroxyl groups is 1. The Morgan fingerprint density at radius 1 is 1.22 bits per heavy atom. The van der Waals surface area contributed by atoms with E-state index in [1.54, 1.807) is 24.3 Å². The van der Waals surface area contributed by atoms with Gasteiger partial charge in [-0.3, -0.25) is 0 Å². The lowest BCUT2D eigenvalue weighted by Gasteiger charge is -2.32. The average Bonchev–Trinajstić information content (AvgIpc) is 2.29. The largest absolute Gasteiger partial charge is 0.389 e. The molecule has 1 saturated heterocycles. The Morgan fingerprint density at radius 2 is 1.78 bits per heavy atom. The van der Waals surface area contributed by atoms with Gasteiger partial charge in [0.05, 0.1) is 16.2 Å². The van der Waals surface area contributed by atoms with Gasteiger partial charge in [0.25, 0.3) is 0 Å². The van der Waals surface area contributed by atoms with Crippen LogP contribution in [-0.2, 0) is 9.84 Å². The van der Waals surface area contributed by atoms with Gasteiger partial charge in [0, 0.05) is 0 Å². The Balaban J connectivity index is 2.18. The predicted molar refractivity (Wildman–Crippen MR) is 70.3 cm³/mol. The van der Waals surface area contributed by atoms with Gasteiger partial charge in [-0.1, -0.05) is 17.7 Å². The lowest BCUT2D eigenvalue weighted by atomic mass is 9.95. The molecule has 0 radical (unpaired) electrons. The van der Waals surface area contributed by atoms with Gasteiger partial charge in [-0.2, -0.15) is 0 Å². The van der Waals surface area contributed by atoms with E-state index in [2.05, 4.69) is 5.32 Å². The van der Waals surface area contributed by atoms with Gasteiger partial charge < -0.3 is 10.4 Å². The summed E-state index contributed by atoms with van der Waals surface area (Å²) in [4.78, 5) is 0.292. The summed E-state index contributed by atoms with van der Waals surface area (Å²) in [5, 5.41) is 13.4. The van der Waals surface area contributed by atoms with E-state index in [-0.39, 0.29) is 5.75 Å². The Bertz CT molecular complexity index is 502. The van der Waals surface area contributed by atoms with Crippen LogP contribution in [0.25, 0.3) is 0 Å². The van der Waals surface area contributed by atoms with Crippen molar-refractivity contribution in [2.45, 2.75) is 30.3 Å². The topological polar surface area (TPSA) is 66.4 Å². The summed E-state index contributed by atoms with van der Waals surface area (Å²) in [5.74, 6) is -0.190. The molecule has 0 aliphatic carbocycles. The summed E-state index contributed by atoms with van der Waals surface area (Å²) in [6.07, 6.45) is 0.968. The first-order valence-corrected chi connectivity index (χ1v) is 7.79. The molecule has 0 saturated carbocycles. The van der Waals surface area contributed by atoms with Crippen LogP contribution >= 0.6 is 0 Å². The molecule has 1 aromatic rings. The van der Waals surface area contributed by atoms with E-state index in [1.807, 2.05) is 6.92 Å². The molecule has 1 aromatic carbocycles. The van der Waals surface area contributed by atoms with Crippen molar-refractivity contribution in [2.24, 2.45) is 0 Å². The first-order valence-electron chi connectivity index (χ1n) is 6.14. The van der Waals surface area contributed by atoms with Gasteiger partial charge in [-0.25, -0.2) is 8.42 Å². The van der Waals surface area contributed by atoms with Crippen LogP contribution in [0.2, 0.25) is 0 Å². The molecule has 2 rings (SSSR count). The summed E-state index contributed by atoms with van der Waals surface area (Å²) in [6, 6.07) is 6.77. The summed E-state index contributed by atoms with van der Waals surface area (Å²) in [5.41, 5.74) is -0.0656. The Labute approximate surface area is 108 Å². The molecule has 1 aliphatic heterocycles. The molecule has 1 heterocycles. The van der Waals surface area contributed by atoms with Crippen LogP contribution < -0.4 is 5.32 Å². The predicted octanol–water partition coefficient (Wildman–Crippen LogP) is 0.883. The molecular weight excluding hydrogens is 250 g/mol. The molecule has 18 heavy (non-hydrogen) atoms. The van der Waals surface area contributed by atoms with E-state index in [1.165, 1.54) is 0 Å². The van der Waals surface area contributed by atoms with Crippen LogP contribution in [0.4, 0.5) is 0 Å². The number of sulfone groups is 1. The van der Waals surface area contributed by atoms with Crippen molar-refractivity contribution in [1.29, 1.82) is 0 Å². The minimum Gasteiger partial charge on any atom is -0.389 e. The molecule has 100 valence electrons. The Morgan fingerprint density at radius 3 is 2.33 bits per heavy atom. The van der Waals surface area contributed by atoms with Gasteiger partial charge in [-0.05, 0) is 45.0 Å². The molecule has 0 amide bonds. The minimum absolute atomic E-state index is 0.190. The highest BCUT2D eigenvalue weighted by Gasteiger charge is 2.35. The van der Waals surface area contributed by atoms with Crippen molar-refractivity contribution in [2.75, 3.05) is 18.8 Å². The third-order valence-corrected chi connectivity index (χ3v) is 5.28. The second-order valence-corrected chi connectivity index (χ2v) is 7.04. The minimum atomic E-state index is -3.41. The van der Waals surface area contributed by atoms with Crippen molar-refractivity contribution < 1.29 is 13.5 Å². The maximum atomic E-state index is 12.2. The lowest BCUT2D eigenvalue weighted by molar-refractivity contribution is 0.0323. The van der Waals surface area contributed by atoms with E-state index in [0.717, 1.165) is 5.56 Å². The lowest BCUT2D eigenvalue weighted by Crippen LogP contribution is -2.46. The van der Waals surface area contributed by atoms with Crippen molar-refractivity contribution >= 4 is 9.84 Å². The van der Waals surface area contributed by atoms with E-state index in [0.29, 0.717) is 30.8 Å². The molecule has 1 aliphatic rings. The van der Waals surface area contributed by atoms with Crippen LogP contribution in [0, 0.1) is 6.92 Å². The number of hydrogen-bond donors (Lipinski definition) is 2. The van der Waals surface area contributed by atoms with Gasteiger partial charge in [0.2, 0.25) is 0 Å². The van der Waals surface area contributed by atoms with Crippen molar-refractivity contribution in [3.8, 4) is 0 Å². The number of benzene rings is 1. The van der Waals surface area contributed by atoms with Crippen LogP contribution in [0.3, 0.4) is 0 Å². The zero-order valence-corrected chi connectivity index (χ0v) is 11.3. The zero-order valence-electron chi connectivity index (χ0n) is 10.5. The molecule has 0 spiro atoms. The molecular formula is C13H19NO3S. The second-order valence-electron chi connectivity index (χ2n) is 5.05. The highest BCUT2D eigenvalue weighted by Crippen LogP contribution is 2.24. The van der Waals surface area contributed by atoms with Crippen molar-refractivity contribution in [1.82, 2.24) is 5.32 Å². The van der Waals surface area contributed by atoms with E-state index in [4.69, 9.17) is 0 Å². The molecule has 4 nitrogen and oxygen atoms in total. The maximum Gasteiger partial charge on any atom is 0.181 e. The van der Waals surface area contributed by atoms with Gasteiger partial charge in [0.1, 0.15) is 0 Å². The summed E-state index contributed by atoms with van der Waals surface area (Å²) >= 11 is 0. The van der Waals surface area contributed by atoms with E-state index < -0.39 is 15.4 Å². The SMILES string of the molecule is Cc1ccc(S(=O)(=O)CC2(O)CCNCC2)cc1. The van der Waals surface area contributed by atoms with Crippen molar-refractivity contribution in [3.05, 3.63) is 29.8 Å².